The van der Waals surface area contributed by atoms with Gasteiger partial charge in [0.25, 0.3) is 5.91 Å². The van der Waals surface area contributed by atoms with Crippen molar-refractivity contribution in [1.82, 2.24) is 4.90 Å². The lowest BCUT2D eigenvalue weighted by Gasteiger charge is -2.40. The van der Waals surface area contributed by atoms with Crippen molar-refractivity contribution in [3.8, 4) is 0 Å². The molecule has 3 aliphatic heterocycles. The molecule has 2 aromatic rings. The summed E-state index contributed by atoms with van der Waals surface area (Å²) in [5.41, 5.74) is -1.47. The van der Waals surface area contributed by atoms with Crippen molar-refractivity contribution in [3.05, 3.63) is 67.8 Å². The number of allylic oxidation sites excluding steroid dienone is 1. The number of fused-ring (bicyclic) bond motifs is 2. The molecule has 2 unspecified atom stereocenters. The number of esters is 1. The Kier molecular flexibility index (Phi) is 8.82. The molecule has 2 amide bonds. The van der Waals surface area contributed by atoms with Crippen molar-refractivity contribution in [1.29, 1.82) is 0 Å². The number of benzene rings is 2. The van der Waals surface area contributed by atoms with Crippen LogP contribution in [-0.2, 0) is 23.9 Å². The van der Waals surface area contributed by atoms with Crippen LogP contribution in [0.4, 0.5) is 5.69 Å². The highest BCUT2D eigenvalue weighted by atomic mass is 16.6. The summed E-state index contributed by atoms with van der Waals surface area (Å²) in [5.74, 6) is -2.97. The van der Waals surface area contributed by atoms with Gasteiger partial charge in [-0.3, -0.25) is 14.4 Å². The van der Waals surface area contributed by atoms with Gasteiger partial charge in [0.1, 0.15) is 17.6 Å². The lowest BCUT2D eigenvalue weighted by molar-refractivity contribution is -0.161. The van der Waals surface area contributed by atoms with E-state index in [2.05, 4.69) is 13.2 Å². The van der Waals surface area contributed by atoms with Crippen LogP contribution in [-0.4, -0.2) is 70.8 Å². The average molecular weight is 589 g/mol. The zero-order valence-corrected chi connectivity index (χ0v) is 25.5. The molecular weight excluding hydrogens is 544 g/mol. The number of hydrogen-bond donors (Lipinski definition) is 1. The standard InChI is InChI=1S/C35H44N2O6/c1-6-8-9-12-20-42-33(41)29-28-31(39)37(27(22-38)23(3)4)30(35(28)18-17-34(29,5)43-35)32(40)36(19-7-2)26-16-15-24-13-10-11-14-25(24)21-26/h6-7,10-11,13-16,21,23,27-30,38H,1-2,8-9,12,17-20,22H2,3-5H3/t27-,28-,29-,30?,34+,35?/m0/s1. The van der Waals surface area contributed by atoms with Gasteiger partial charge in [-0.2, -0.15) is 0 Å². The molecule has 3 saturated heterocycles. The minimum Gasteiger partial charge on any atom is -0.465 e. The molecule has 43 heavy (non-hydrogen) atoms. The Morgan fingerprint density at radius 3 is 2.56 bits per heavy atom. The lowest BCUT2D eigenvalue weighted by atomic mass is 9.66. The predicted molar refractivity (Wildman–Crippen MR) is 166 cm³/mol. The third-order valence-electron chi connectivity index (χ3n) is 9.69. The number of carbonyl (C=O) groups excluding carboxylic acids is 3. The number of nitrogens with zero attached hydrogens (tertiary/aromatic N) is 2. The molecule has 0 saturated carbocycles. The highest BCUT2D eigenvalue weighted by Gasteiger charge is 2.79. The first-order valence-corrected chi connectivity index (χ1v) is 15.5. The minimum atomic E-state index is -1.21. The number of aliphatic hydroxyl groups is 1. The van der Waals surface area contributed by atoms with Crippen molar-refractivity contribution in [2.45, 2.75) is 76.2 Å². The number of rotatable bonds is 13. The van der Waals surface area contributed by atoms with Gasteiger partial charge in [-0.25, -0.2) is 0 Å². The molecule has 230 valence electrons. The van der Waals surface area contributed by atoms with E-state index in [9.17, 15) is 19.5 Å². The van der Waals surface area contributed by atoms with Crippen LogP contribution in [0.1, 0.15) is 52.9 Å². The largest absolute Gasteiger partial charge is 0.465 e. The number of anilines is 1. The molecule has 2 bridgehead atoms. The smallest absolute Gasteiger partial charge is 0.312 e. The third kappa shape index (κ3) is 5.18. The van der Waals surface area contributed by atoms with Crippen LogP contribution in [0.5, 0.6) is 0 Å². The maximum Gasteiger partial charge on any atom is 0.312 e. The molecule has 0 aromatic heterocycles. The normalized spacial score (nSPS) is 28.3. The topological polar surface area (TPSA) is 96.4 Å². The summed E-state index contributed by atoms with van der Waals surface area (Å²) in [6.07, 6.45) is 6.85. The van der Waals surface area contributed by atoms with E-state index in [-0.39, 0.29) is 37.5 Å². The second-order valence-corrected chi connectivity index (χ2v) is 12.7. The van der Waals surface area contributed by atoms with Crippen LogP contribution in [0.2, 0.25) is 0 Å². The number of amides is 2. The van der Waals surface area contributed by atoms with E-state index in [1.165, 1.54) is 4.90 Å². The van der Waals surface area contributed by atoms with Gasteiger partial charge in [-0.1, -0.05) is 56.3 Å². The van der Waals surface area contributed by atoms with E-state index in [0.717, 1.165) is 23.6 Å². The molecule has 2 aromatic carbocycles. The second kappa shape index (κ2) is 12.2. The molecule has 3 fully saturated rings. The van der Waals surface area contributed by atoms with E-state index in [4.69, 9.17) is 9.47 Å². The van der Waals surface area contributed by atoms with E-state index < -0.39 is 41.1 Å². The Hall–Kier alpha value is -3.49. The average Bonchev–Trinajstić information content (AvgIpc) is 3.56. The molecule has 6 atom stereocenters. The number of carbonyl (C=O) groups is 3. The Labute approximate surface area is 254 Å². The fourth-order valence-corrected chi connectivity index (χ4v) is 7.58. The maximum absolute atomic E-state index is 14.8. The maximum atomic E-state index is 14.8. The van der Waals surface area contributed by atoms with Crippen molar-refractivity contribution in [3.63, 3.8) is 0 Å². The lowest BCUT2D eigenvalue weighted by Crippen LogP contribution is -2.60. The molecule has 8 heteroatoms. The fraction of sp³-hybridized carbons (Fsp3) is 0.514. The van der Waals surface area contributed by atoms with Crippen molar-refractivity contribution in [2.24, 2.45) is 17.8 Å². The number of ether oxygens (including phenoxy) is 2. The van der Waals surface area contributed by atoms with Crippen molar-refractivity contribution in [2.75, 3.05) is 24.7 Å². The minimum absolute atomic E-state index is 0.143. The zero-order chi connectivity index (χ0) is 30.9. The Balaban J connectivity index is 1.55. The Morgan fingerprint density at radius 2 is 1.88 bits per heavy atom. The summed E-state index contributed by atoms with van der Waals surface area (Å²) >= 11 is 0. The van der Waals surface area contributed by atoms with Gasteiger partial charge < -0.3 is 24.4 Å². The molecule has 0 radical (unpaired) electrons. The van der Waals surface area contributed by atoms with Crippen LogP contribution in [0.25, 0.3) is 10.8 Å². The van der Waals surface area contributed by atoms with E-state index >= 15 is 0 Å². The molecule has 1 N–H and O–H groups in total. The predicted octanol–water partition coefficient (Wildman–Crippen LogP) is 5.04. The highest BCUT2D eigenvalue weighted by molar-refractivity contribution is 6.05. The molecule has 0 aliphatic carbocycles. The fourth-order valence-electron chi connectivity index (χ4n) is 7.58. The molecule has 8 nitrogen and oxygen atoms in total. The highest BCUT2D eigenvalue weighted by Crippen LogP contribution is 2.64. The van der Waals surface area contributed by atoms with Gasteiger partial charge in [0.2, 0.25) is 5.91 Å². The first-order valence-electron chi connectivity index (χ1n) is 15.5. The van der Waals surface area contributed by atoms with E-state index in [1.54, 1.807) is 11.0 Å². The van der Waals surface area contributed by atoms with Crippen LogP contribution in [0.15, 0.2) is 67.8 Å². The number of likely N-dealkylation sites (tertiary alicyclic amines) is 1. The van der Waals surface area contributed by atoms with E-state index in [1.807, 2.05) is 69.3 Å². The number of aliphatic hydroxyl groups excluding tert-OH is 1. The van der Waals surface area contributed by atoms with Crippen LogP contribution in [0.3, 0.4) is 0 Å². The van der Waals surface area contributed by atoms with Crippen LogP contribution >= 0.6 is 0 Å². The SMILES string of the molecule is C=CCCCCOC(=O)[C@@H]1[C@H]2C(=O)N([C@@H](CO)C(C)C)C(C(=O)N(CC=C)c3ccc4ccccc4c3)C23CC[C@@]1(C)O3. The molecule has 3 heterocycles. The molecule has 3 aliphatic rings. The summed E-state index contributed by atoms with van der Waals surface area (Å²) in [6.45, 7) is 13.5. The monoisotopic (exact) mass is 588 g/mol. The Bertz CT molecular complexity index is 1410. The van der Waals surface area contributed by atoms with Gasteiger partial charge in [-0.15, -0.1) is 13.2 Å². The van der Waals surface area contributed by atoms with Gasteiger partial charge >= 0.3 is 5.97 Å². The van der Waals surface area contributed by atoms with Crippen molar-refractivity contribution >= 4 is 34.2 Å². The van der Waals surface area contributed by atoms with Crippen LogP contribution < -0.4 is 4.90 Å². The van der Waals surface area contributed by atoms with E-state index in [0.29, 0.717) is 24.9 Å². The number of unbranched alkanes of at least 4 members (excludes halogenated alkanes) is 2. The van der Waals surface area contributed by atoms with Gasteiger partial charge in [0, 0.05) is 12.2 Å². The van der Waals surface area contributed by atoms with Gasteiger partial charge in [-0.05, 0) is 67.9 Å². The third-order valence-corrected chi connectivity index (χ3v) is 9.69. The summed E-state index contributed by atoms with van der Waals surface area (Å²) < 4.78 is 12.5. The second-order valence-electron chi connectivity index (χ2n) is 12.7. The Morgan fingerprint density at radius 1 is 1.14 bits per heavy atom. The van der Waals surface area contributed by atoms with Gasteiger partial charge in [0.05, 0.1) is 30.8 Å². The summed E-state index contributed by atoms with van der Waals surface area (Å²) in [6, 6.07) is 12.1. The number of hydrogen-bond acceptors (Lipinski definition) is 6. The van der Waals surface area contributed by atoms with Gasteiger partial charge in [0.15, 0.2) is 0 Å². The van der Waals surface area contributed by atoms with Crippen molar-refractivity contribution < 1.29 is 29.0 Å². The summed E-state index contributed by atoms with van der Waals surface area (Å²) in [7, 11) is 0. The molecule has 1 spiro atoms. The first-order chi connectivity index (χ1) is 20.6. The molecule has 5 rings (SSSR count). The molecular formula is C35H44N2O6. The zero-order valence-electron chi connectivity index (χ0n) is 25.5. The first kappa shape index (κ1) is 31.0. The summed E-state index contributed by atoms with van der Waals surface area (Å²) in [5, 5.41) is 12.5. The summed E-state index contributed by atoms with van der Waals surface area (Å²) in [4.78, 5) is 46.1. The van der Waals surface area contributed by atoms with Crippen LogP contribution in [0, 0.1) is 17.8 Å². The quantitative estimate of drug-likeness (QED) is 0.200.